The standard InChI is InChI=1S/C13H21N3O4/c1-9(2)15(6-4-5-14)13(19)16-8-10(20-3)7-11(16)12(17)18/h9-11H,4,6-8H2,1-3H3,(H,17,18). The van der Waals surface area contributed by atoms with Crippen molar-refractivity contribution >= 4 is 12.0 Å². The molecule has 0 spiro atoms. The van der Waals surface area contributed by atoms with Gasteiger partial charge in [0.05, 0.1) is 18.6 Å². The minimum Gasteiger partial charge on any atom is -0.480 e. The minimum atomic E-state index is -1.03. The van der Waals surface area contributed by atoms with E-state index in [2.05, 4.69) is 0 Å². The van der Waals surface area contributed by atoms with Gasteiger partial charge in [0.25, 0.3) is 0 Å². The van der Waals surface area contributed by atoms with Crippen molar-refractivity contribution in [2.75, 3.05) is 20.2 Å². The zero-order chi connectivity index (χ0) is 15.3. The van der Waals surface area contributed by atoms with E-state index >= 15 is 0 Å². The normalized spacial score (nSPS) is 21.9. The number of methoxy groups -OCH3 is 1. The second-order valence-electron chi connectivity index (χ2n) is 5.08. The summed E-state index contributed by atoms with van der Waals surface area (Å²) in [6.45, 7) is 4.25. The van der Waals surface area contributed by atoms with E-state index in [1.807, 2.05) is 19.9 Å². The predicted octanol–water partition coefficient (Wildman–Crippen LogP) is 0.904. The summed E-state index contributed by atoms with van der Waals surface area (Å²) in [6.07, 6.45) is 0.260. The molecule has 0 saturated carbocycles. The summed E-state index contributed by atoms with van der Waals surface area (Å²) < 4.78 is 5.17. The largest absolute Gasteiger partial charge is 0.480 e. The Morgan fingerprint density at radius 1 is 1.55 bits per heavy atom. The van der Waals surface area contributed by atoms with Crippen LogP contribution >= 0.6 is 0 Å². The number of carboxylic acids is 1. The van der Waals surface area contributed by atoms with E-state index in [1.54, 1.807) is 0 Å². The lowest BCUT2D eigenvalue weighted by molar-refractivity contribution is -0.141. The lowest BCUT2D eigenvalue weighted by Crippen LogP contribution is -2.50. The third-order valence-electron chi connectivity index (χ3n) is 3.46. The zero-order valence-corrected chi connectivity index (χ0v) is 12.1. The number of carbonyl (C=O) groups is 2. The molecule has 2 atom stereocenters. The second kappa shape index (κ2) is 7.10. The van der Waals surface area contributed by atoms with E-state index in [4.69, 9.17) is 10.00 Å². The fraction of sp³-hybridized carbons (Fsp3) is 0.769. The van der Waals surface area contributed by atoms with Gasteiger partial charge in [-0.25, -0.2) is 9.59 Å². The Bertz CT molecular complexity index is 405. The number of ether oxygens (including phenoxy) is 1. The highest BCUT2D eigenvalue weighted by Gasteiger charge is 2.41. The van der Waals surface area contributed by atoms with Gasteiger partial charge in [-0.2, -0.15) is 5.26 Å². The van der Waals surface area contributed by atoms with Crippen LogP contribution in [0.15, 0.2) is 0 Å². The van der Waals surface area contributed by atoms with Gasteiger partial charge >= 0.3 is 12.0 Å². The molecule has 20 heavy (non-hydrogen) atoms. The number of hydrogen-bond donors (Lipinski definition) is 1. The van der Waals surface area contributed by atoms with Crippen LogP contribution in [0.5, 0.6) is 0 Å². The predicted molar refractivity (Wildman–Crippen MR) is 71.0 cm³/mol. The smallest absolute Gasteiger partial charge is 0.326 e. The molecule has 2 amide bonds. The molecular formula is C13H21N3O4. The van der Waals surface area contributed by atoms with Gasteiger partial charge in [-0.3, -0.25) is 0 Å². The lowest BCUT2D eigenvalue weighted by atomic mass is 10.2. The maximum absolute atomic E-state index is 12.5. The highest BCUT2D eigenvalue weighted by molar-refractivity contribution is 5.83. The molecule has 1 N–H and O–H groups in total. The average Bonchev–Trinajstić information content (AvgIpc) is 2.82. The van der Waals surface area contributed by atoms with Crippen molar-refractivity contribution < 1.29 is 19.4 Å². The first-order valence-corrected chi connectivity index (χ1v) is 6.62. The quantitative estimate of drug-likeness (QED) is 0.809. The first kappa shape index (κ1) is 16.2. The molecule has 112 valence electrons. The van der Waals surface area contributed by atoms with Crippen LogP contribution in [-0.4, -0.2) is 65.3 Å². The molecule has 7 heteroatoms. The summed E-state index contributed by atoms with van der Waals surface area (Å²) in [5, 5.41) is 17.9. The fourth-order valence-corrected chi connectivity index (χ4v) is 2.32. The van der Waals surface area contributed by atoms with Crippen LogP contribution in [-0.2, 0) is 9.53 Å². The molecule has 1 aliphatic rings. The van der Waals surface area contributed by atoms with Gasteiger partial charge in [-0.05, 0) is 13.8 Å². The summed E-state index contributed by atoms with van der Waals surface area (Å²) in [7, 11) is 1.51. The van der Waals surface area contributed by atoms with Gasteiger partial charge in [0, 0.05) is 32.7 Å². The fourth-order valence-electron chi connectivity index (χ4n) is 2.32. The maximum atomic E-state index is 12.5. The Morgan fingerprint density at radius 3 is 2.65 bits per heavy atom. The number of aliphatic carboxylic acids is 1. The minimum absolute atomic E-state index is 0.0908. The van der Waals surface area contributed by atoms with Crippen molar-refractivity contribution in [3.8, 4) is 6.07 Å². The Balaban J connectivity index is 2.86. The van der Waals surface area contributed by atoms with E-state index in [0.29, 0.717) is 13.0 Å². The van der Waals surface area contributed by atoms with Gasteiger partial charge in [-0.15, -0.1) is 0 Å². The molecule has 0 aromatic rings. The van der Waals surface area contributed by atoms with Gasteiger partial charge in [0.15, 0.2) is 0 Å². The summed E-state index contributed by atoms with van der Waals surface area (Å²) >= 11 is 0. The Kier molecular flexibility index (Phi) is 5.77. The number of urea groups is 1. The maximum Gasteiger partial charge on any atom is 0.326 e. The number of nitriles is 1. The Labute approximate surface area is 118 Å². The lowest BCUT2D eigenvalue weighted by Gasteiger charge is -2.32. The highest BCUT2D eigenvalue weighted by Crippen LogP contribution is 2.22. The van der Waals surface area contributed by atoms with E-state index in [0.717, 1.165) is 0 Å². The van der Waals surface area contributed by atoms with Crippen LogP contribution in [0.2, 0.25) is 0 Å². The third-order valence-corrected chi connectivity index (χ3v) is 3.46. The molecule has 0 aliphatic carbocycles. The van der Waals surface area contributed by atoms with E-state index in [-0.39, 0.29) is 31.1 Å². The molecule has 1 aliphatic heterocycles. The number of rotatable bonds is 5. The summed E-state index contributed by atoms with van der Waals surface area (Å²) in [5.74, 6) is -1.03. The highest BCUT2D eigenvalue weighted by atomic mass is 16.5. The van der Waals surface area contributed by atoms with Crippen molar-refractivity contribution in [2.45, 2.75) is 44.9 Å². The third kappa shape index (κ3) is 3.61. The van der Waals surface area contributed by atoms with Gasteiger partial charge < -0.3 is 19.6 Å². The summed E-state index contributed by atoms with van der Waals surface area (Å²) in [5.41, 5.74) is 0. The Morgan fingerprint density at radius 2 is 2.20 bits per heavy atom. The summed E-state index contributed by atoms with van der Waals surface area (Å²) in [6, 6.07) is 0.698. The van der Waals surface area contributed by atoms with Crippen molar-refractivity contribution in [1.82, 2.24) is 9.80 Å². The molecular weight excluding hydrogens is 262 g/mol. The number of likely N-dealkylation sites (tertiary alicyclic amines) is 1. The number of amides is 2. The first-order valence-electron chi connectivity index (χ1n) is 6.62. The number of hydrogen-bond acceptors (Lipinski definition) is 4. The topological polar surface area (TPSA) is 93.9 Å². The number of nitrogens with zero attached hydrogens (tertiary/aromatic N) is 3. The van der Waals surface area contributed by atoms with Crippen LogP contribution in [0.3, 0.4) is 0 Å². The molecule has 0 radical (unpaired) electrons. The molecule has 0 aromatic carbocycles. The van der Waals surface area contributed by atoms with Gasteiger partial charge in [-0.1, -0.05) is 0 Å². The number of carboxylic acid groups (broad SMARTS) is 1. The van der Waals surface area contributed by atoms with Crippen LogP contribution in [0.1, 0.15) is 26.7 Å². The molecule has 1 saturated heterocycles. The molecule has 0 aromatic heterocycles. The number of carbonyl (C=O) groups excluding carboxylic acids is 1. The molecule has 1 rings (SSSR count). The van der Waals surface area contributed by atoms with Crippen molar-refractivity contribution in [2.24, 2.45) is 0 Å². The second-order valence-corrected chi connectivity index (χ2v) is 5.08. The van der Waals surface area contributed by atoms with Crippen molar-refractivity contribution in [3.63, 3.8) is 0 Å². The molecule has 2 unspecified atom stereocenters. The SMILES string of the molecule is COC1CC(C(=O)O)N(C(=O)N(CCC#N)C(C)C)C1. The van der Waals surface area contributed by atoms with Gasteiger partial charge in [0.2, 0.25) is 0 Å². The van der Waals surface area contributed by atoms with Crippen molar-refractivity contribution in [1.29, 1.82) is 5.26 Å². The van der Waals surface area contributed by atoms with Crippen molar-refractivity contribution in [3.05, 3.63) is 0 Å². The average molecular weight is 283 g/mol. The first-order chi connectivity index (χ1) is 9.42. The van der Waals surface area contributed by atoms with Crippen LogP contribution in [0.25, 0.3) is 0 Å². The summed E-state index contributed by atoms with van der Waals surface area (Å²) in [4.78, 5) is 26.6. The molecule has 7 nitrogen and oxygen atoms in total. The van der Waals surface area contributed by atoms with E-state index in [9.17, 15) is 14.7 Å². The molecule has 1 fully saturated rings. The molecule has 1 heterocycles. The van der Waals surface area contributed by atoms with Crippen LogP contribution < -0.4 is 0 Å². The monoisotopic (exact) mass is 283 g/mol. The van der Waals surface area contributed by atoms with Crippen LogP contribution in [0.4, 0.5) is 4.79 Å². The Hall–Kier alpha value is -1.81. The zero-order valence-electron chi connectivity index (χ0n) is 12.1. The van der Waals surface area contributed by atoms with Gasteiger partial charge in [0.1, 0.15) is 6.04 Å². The molecule has 0 bridgehead atoms. The van der Waals surface area contributed by atoms with E-state index < -0.39 is 12.0 Å². The van der Waals surface area contributed by atoms with E-state index in [1.165, 1.54) is 16.9 Å². The van der Waals surface area contributed by atoms with Crippen LogP contribution in [0, 0.1) is 11.3 Å².